The van der Waals surface area contributed by atoms with Crippen LogP contribution in [0.4, 0.5) is 5.13 Å². The predicted octanol–water partition coefficient (Wildman–Crippen LogP) is 1.53. The number of amides is 1. The Hall–Kier alpha value is -2.21. The number of hydrogen-bond donors (Lipinski definition) is 0. The highest BCUT2D eigenvalue weighted by Gasteiger charge is 2.31. The van der Waals surface area contributed by atoms with Crippen molar-refractivity contribution in [2.24, 2.45) is 0 Å². The van der Waals surface area contributed by atoms with Crippen molar-refractivity contribution < 1.29 is 22.7 Å². The van der Waals surface area contributed by atoms with E-state index in [1.165, 1.54) is 17.5 Å². The SMILES string of the molecule is COc1ccc(C(=O)N2CCCN(c3nccs3)CC2)cc1S(=O)(=O)N1CCOCC1. The largest absolute Gasteiger partial charge is 0.495 e. The standard InChI is InChI=1S/C20H26N4O5S2/c1-28-17-4-3-16(15-18(17)31(26,27)24-10-12-29-13-11-24)19(25)22-6-2-7-23(9-8-22)20-21-5-14-30-20/h3-5,14-15H,2,6-13H2,1H3. The van der Waals surface area contributed by atoms with E-state index in [0.29, 0.717) is 38.4 Å². The number of anilines is 1. The zero-order valence-electron chi connectivity index (χ0n) is 17.4. The van der Waals surface area contributed by atoms with Crippen molar-refractivity contribution >= 4 is 32.4 Å². The number of hydrogen-bond acceptors (Lipinski definition) is 8. The Bertz CT molecular complexity index is 1010. The average molecular weight is 467 g/mol. The maximum atomic E-state index is 13.2. The monoisotopic (exact) mass is 466 g/mol. The average Bonchev–Trinajstić information content (AvgIpc) is 3.23. The molecule has 0 saturated carbocycles. The molecule has 3 heterocycles. The number of methoxy groups -OCH3 is 1. The maximum absolute atomic E-state index is 13.2. The lowest BCUT2D eigenvalue weighted by Gasteiger charge is -2.27. The van der Waals surface area contributed by atoms with E-state index in [0.717, 1.165) is 18.1 Å². The lowest BCUT2D eigenvalue weighted by Crippen LogP contribution is -2.41. The topological polar surface area (TPSA) is 92.3 Å². The molecule has 9 nitrogen and oxygen atoms in total. The fourth-order valence-corrected chi connectivity index (χ4v) is 6.09. The molecule has 1 aromatic carbocycles. The Morgan fingerprint density at radius 3 is 2.65 bits per heavy atom. The number of thiazole rings is 1. The van der Waals surface area contributed by atoms with E-state index in [-0.39, 0.29) is 29.6 Å². The second kappa shape index (κ2) is 9.51. The fraction of sp³-hybridized carbons (Fsp3) is 0.500. The Balaban J connectivity index is 1.55. The molecular weight excluding hydrogens is 440 g/mol. The van der Waals surface area contributed by atoms with Crippen LogP contribution < -0.4 is 9.64 Å². The summed E-state index contributed by atoms with van der Waals surface area (Å²) in [5.41, 5.74) is 0.343. The van der Waals surface area contributed by atoms with Crippen LogP contribution in [0, 0.1) is 0 Å². The van der Waals surface area contributed by atoms with Crippen LogP contribution in [0.1, 0.15) is 16.8 Å². The van der Waals surface area contributed by atoms with Crippen molar-refractivity contribution in [2.75, 3.05) is 64.5 Å². The van der Waals surface area contributed by atoms with Gasteiger partial charge in [0.1, 0.15) is 10.6 Å². The van der Waals surface area contributed by atoms with E-state index in [9.17, 15) is 13.2 Å². The number of aromatic nitrogens is 1. The number of nitrogens with zero attached hydrogens (tertiary/aromatic N) is 4. The first kappa shape index (κ1) is 22.0. The van der Waals surface area contributed by atoms with Crippen molar-refractivity contribution in [3.63, 3.8) is 0 Å². The van der Waals surface area contributed by atoms with Gasteiger partial charge in [0.2, 0.25) is 10.0 Å². The maximum Gasteiger partial charge on any atom is 0.253 e. The Morgan fingerprint density at radius 2 is 1.94 bits per heavy atom. The molecule has 0 aliphatic carbocycles. The summed E-state index contributed by atoms with van der Waals surface area (Å²) in [5.74, 6) is 0.0518. The van der Waals surface area contributed by atoms with Crippen molar-refractivity contribution in [2.45, 2.75) is 11.3 Å². The molecule has 0 radical (unpaired) electrons. The molecule has 1 amide bonds. The van der Waals surface area contributed by atoms with Gasteiger partial charge in [-0.3, -0.25) is 4.79 Å². The summed E-state index contributed by atoms with van der Waals surface area (Å²) in [5, 5.41) is 2.90. The van der Waals surface area contributed by atoms with Crippen LogP contribution in [-0.4, -0.2) is 88.1 Å². The summed E-state index contributed by atoms with van der Waals surface area (Å²) in [6.45, 7) is 3.94. The molecule has 2 aliphatic rings. The number of ether oxygens (including phenoxy) is 2. The van der Waals surface area contributed by atoms with E-state index in [1.807, 2.05) is 5.38 Å². The minimum atomic E-state index is -3.79. The van der Waals surface area contributed by atoms with Crippen molar-refractivity contribution in [3.05, 3.63) is 35.3 Å². The van der Waals surface area contributed by atoms with E-state index >= 15 is 0 Å². The lowest BCUT2D eigenvalue weighted by atomic mass is 10.2. The summed E-state index contributed by atoms with van der Waals surface area (Å²) in [6, 6.07) is 4.62. The van der Waals surface area contributed by atoms with Gasteiger partial charge in [0.15, 0.2) is 5.13 Å². The zero-order chi connectivity index (χ0) is 21.8. The van der Waals surface area contributed by atoms with Crippen LogP contribution in [0.5, 0.6) is 5.75 Å². The number of rotatable bonds is 5. The first-order valence-corrected chi connectivity index (χ1v) is 12.5. The van der Waals surface area contributed by atoms with Gasteiger partial charge in [-0.15, -0.1) is 11.3 Å². The molecule has 0 unspecified atom stereocenters. The van der Waals surface area contributed by atoms with Gasteiger partial charge in [0, 0.05) is 56.4 Å². The van der Waals surface area contributed by atoms with Gasteiger partial charge in [-0.1, -0.05) is 0 Å². The van der Waals surface area contributed by atoms with Crippen LogP contribution in [0.15, 0.2) is 34.7 Å². The second-order valence-electron chi connectivity index (χ2n) is 7.33. The van der Waals surface area contributed by atoms with Crippen LogP contribution in [0.25, 0.3) is 0 Å². The van der Waals surface area contributed by atoms with Crippen molar-refractivity contribution in [1.29, 1.82) is 0 Å². The molecule has 4 rings (SSSR count). The van der Waals surface area contributed by atoms with Crippen LogP contribution in [0.2, 0.25) is 0 Å². The highest BCUT2D eigenvalue weighted by Crippen LogP contribution is 2.29. The third-order valence-corrected chi connectivity index (χ3v) is 8.22. The molecule has 2 aliphatic heterocycles. The zero-order valence-corrected chi connectivity index (χ0v) is 19.0. The van der Waals surface area contributed by atoms with Crippen LogP contribution in [-0.2, 0) is 14.8 Å². The fourth-order valence-electron chi connectivity index (χ4n) is 3.80. The Morgan fingerprint density at radius 1 is 1.13 bits per heavy atom. The predicted molar refractivity (Wildman–Crippen MR) is 117 cm³/mol. The smallest absolute Gasteiger partial charge is 0.253 e. The van der Waals surface area contributed by atoms with Crippen LogP contribution >= 0.6 is 11.3 Å². The minimum absolute atomic E-state index is 0.0157. The summed E-state index contributed by atoms with van der Waals surface area (Å²) in [6.07, 6.45) is 2.60. The molecule has 2 saturated heterocycles. The number of sulfonamides is 1. The normalized spacial score (nSPS) is 18.6. The molecule has 1 aromatic heterocycles. The molecular formula is C20H26N4O5S2. The third kappa shape index (κ3) is 4.69. The third-order valence-electron chi connectivity index (χ3n) is 5.47. The molecule has 31 heavy (non-hydrogen) atoms. The highest BCUT2D eigenvalue weighted by molar-refractivity contribution is 7.89. The Labute approximate surface area is 186 Å². The number of carbonyl (C=O) groups is 1. The highest BCUT2D eigenvalue weighted by atomic mass is 32.2. The van der Waals surface area contributed by atoms with Gasteiger partial charge in [0.25, 0.3) is 5.91 Å². The molecule has 0 bridgehead atoms. The first-order chi connectivity index (χ1) is 15.0. The van der Waals surface area contributed by atoms with Gasteiger partial charge in [-0.2, -0.15) is 4.31 Å². The molecule has 0 spiro atoms. The number of carbonyl (C=O) groups excluding carboxylic acids is 1. The van der Waals surface area contributed by atoms with Crippen LogP contribution in [0.3, 0.4) is 0 Å². The van der Waals surface area contributed by atoms with Gasteiger partial charge < -0.3 is 19.3 Å². The molecule has 0 N–H and O–H groups in total. The van der Waals surface area contributed by atoms with Gasteiger partial charge >= 0.3 is 0 Å². The van der Waals surface area contributed by atoms with Gasteiger partial charge in [-0.25, -0.2) is 13.4 Å². The molecule has 168 valence electrons. The summed E-state index contributed by atoms with van der Waals surface area (Å²) < 4.78 is 38.4. The van der Waals surface area contributed by atoms with E-state index in [2.05, 4.69) is 9.88 Å². The van der Waals surface area contributed by atoms with Crippen molar-refractivity contribution in [3.8, 4) is 5.75 Å². The molecule has 2 aromatic rings. The minimum Gasteiger partial charge on any atom is -0.495 e. The number of benzene rings is 1. The second-order valence-corrected chi connectivity index (χ2v) is 10.1. The first-order valence-electron chi connectivity index (χ1n) is 10.2. The summed E-state index contributed by atoms with van der Waals surface area (Å²) in [4.78, 5) is 21.6. The van der Waals surface area contributed by atoms with E-state index < -0.39 is 10.0 Å². The quantitative estimate of drug-likeness (QED) is 0.660. The summed E-state index contributed by atoms with van der Waals surface area (Å²) in [7, 11) is -2.37. The lowest BCUT2D eigenvalue weighted by molar-refractivity contribution is 0.0729. The van der Waals surface area contributed by atoms with Crippen molar-refractivity contribution in [1.82, 2.24) is 14.2 Å². The molecule has 0 atom stereocenters. The summed E-state index contributed by atoms with van der Waals surface area (Å²) >= 11 is 1.58. The van der Waals surface area contributed by atoms with Gasteiger partial charge in [-0.05, 0) is 24.6 Å². The van der Waals surface area contributed by atoms with E-state index in [1.54, 1.807) is 34.6 Å². The molecule has 2 fully saturated rings. The van der Waals surface area contributed by atoms with E-state index in [4.69, 9.17) is 9.47 Å². The molecule has 11 heteroatoms. The Kier molecular flexibility index (Phi) is 6.75. The van der Waals surface area contributed by atoms with Gasteiger partial charge in [0.05, 0.1) is 20.3 Å². The number of morpholine rings is 1.